The Kier molecular flexibility index (Phi) is 4.19. The molecule has 0 fully saturated rings. The number of rotatable bonds is 4. The molecule has 2 aromatic carbocycles. The lowest BCUT2D eigenvalue weighted by atomic mass is 10.1. The molecule has 0 saturated heterocycles. The third kappa shape index (κ3) is 3.31. The number of aryl methyl sites for hydroxylation is 1. The van der Waals surface area contributed by atoms with E-state index in [0.29, 0.717) is 17.5 Å². The maximum Gasteiger partial charge on any atom is 0.287 e. The maximum absolute atomic E-state index is 12.5. The molecule has 0 bridgehead atoms. The highest BCUT2D eigenvalue weighted by atomic mass is 16.3. The molecule has 1 atom stereocenters. The van der Waals surface area contributed by atoms with Gasteiger partial charge in [0, 0.05) is 12.1 Å². The number of nitrogens with one attached hydrogen (secondary N) is 1. The fourth-order valence-electron chi connectivity index (χ4n) is 3.03. The number of amides is 1. The van der Waals surface area contributed by atoms with E-state index < -0.39 is 5.91 Å². The van der Waals surface area contributed by atoms with Gasteiger partial charge in [-0.1, -0.05) is 29.0 Å². The Balaban J connectivity index is 1.54. The van der Waals surface area contributed by atoms with Gasteiger partial charge in [-0.25, -0.2) is 4.68 Å². The Bertz CT molecular complexity index is 1210. The number of hydrogen-bond acceptors (Lipinski definition) is 5. The van der Waals surface area contributed by atoms with E-state index in [2.05, 4.69) is 15.6 Å². The molecule has 0 spiro atoms. The third-order valence-electron chi connectivity index (χ3n) is 4.35. The van der Waals surface area contributed by atoms with Crippen LogP contribution in [0.25, 0.3) is 22.0 Å². The van der Waals surface area contributed by atoms with Crippen molar-refractivity contribution < 1.29 is 9.21 Å². The molecule has 136 valence electrons. The average molecular weight is 362 g/mol. The minimum Gasteiger partial charge on any atom is -0.451 e. The van der Waals surface area contributed by atoms with Gasteiger partial charge in [-0.3, -0.25) is 9.59 Å². The van der Waals surface area contributed by atoms with Crippen molar-refractivity contribution in [1.29, 1.82) is 0 Å². The number of benzene rings is 2. The van der Waals surface area contributed by atoms with Gasteiger partial charge in [0.25, 0.3) is 5.91 Å². The summed E-state index contributed by atoms with van der Waals surface area (Å²) in [7, 11) is 0. The molecule has 1 N–H and O–H groups in total. The molecule has 0 aliphatic heterocycles. The molecule has 2 heterocycles. The van der Waals surface area contributed by atoms with Crippen molar-refractivity contribution >= 4 is 27.9 Å². The zero-order valence-electron chi connectivity index (χ0n) is 15.0. The van der Waals surface area contributed by atoms with Gasteiger partial charge in [-0.05, 0) is 38.1 Å². The van der Waals surface area contributed by atoms with Gasteiger partial charge in [-0.2, -0.15) is 0 Å². The van der Waals surface area contributed by atoms with Crippen molar-refractivity contribution in [2.45, 2.75) is 26.4 Å². The molecule has 0 unspecified atom stereocenters. The molecule has 1 amide bonds. The molecule has 2 aromatic heterocycles. The van der Waals surface area contributed by atoms with Crippen molar-refractivity contribution in [3.05, 3.63) is 70.1 Å². The van der Waals surface area contributed by atoms with Crippen LogP contribution in [-0.2, 0) is 6.54 Å². The lowest BCUT2D eigenvalue weighted by Gasteiger charge is -2.14. The summed E-state index contributed by atoms with van der Waals surface area (Å²) in [5, 5.41) is 11.5. The molecule has 4 rings (SSSR count). The smallest absolute Gasteiger partial charge is 0.287 e. The molecule has 0 radical (unpaired) electrons. The van der Waals surface area contributed by atoms with E-state index in [9.17, 15) is 9.59 Å². The number of carbonyl (C=O) groups excluding carboxylic acids is 1. The van der Waals surface area contributed by atoms with Crippen molar-refractivity contribution in [3.63, 3.8) is 0 Å². The topological polar surface area (TPSA) is 90.0 Å². The summed E-state index contributed by atoms with van der Waals surface area (Å²) in [5.74, 6) is -0.446. The predicted molar refractivity (Wildman–Crippen MR) is 102 cm³/mol. The Hall–Kier alpha value is -3.48. The molecular formula is C20H18N4O3. The van der Waals surface area contributed by atoms with Gasteiger partial charge in [0.1, 0.15) is 11.1 Å². The predicted octanol–water partition coefficient (Wildman–Crippen LogP) is 2.66. The first-order valence-corrected chi connectivity index (χ1v) is 8.65. The number of nitrogens with zero attached hydrogens (tertiary/aromatic N) is 3. The van der Waals surface area contributed by atoms with E-state index in [0.717, 1.165) is 16.6 Å². The Morgan fingerprint density at radius 3 is 2.89 bits per heavy atom. The van der Waals surface area contributed by atoms with Crippen molar-refractivity contribution in [2.75, 3.05) is 0 Å². The molecule has 4 aromatic rings. The number of fused-ring (bicyclic) bond motifs is 2. The van der Waals surface area contributed by atoms with Gasteiger partial charge in [0.05, 0.1) is 17.4 Å². The van der Waals surface area contributed by atoms with Crippen LogP contribution in [0.2, 0.25) is 0 Å². The van der Waals surface area contributed by atoms with Crippen molar-refractivity contribution in [3.8, 4) is 0 Å². The van der Waals surface area contributed by atoms with Crippen molar-refractivity contribution in [2.24, 2.45) is 0 Å². The highest BCUT2D eigenvalue weighted by Crippen LogP contribution is 2.14. The van der Waals surface area contributed by atoms with E-state index >= 15 is 0 Å². The molecule has 0 aliphatic rings. The summed E-state index contributed by atoms with van der Waals surface area (Å²) in [6, 6.07) is 13.9. The number of aromatic nitrogens is 3. The SMILES string of the molecule is Cc1ccc2oc(C(=O)N[C@@H](C)Cn3nnc4ccccc43)cc(=O)c2c1. The Labute approximate surface area is 154 Å². The Morgan fingerprint density at radius 2 is 2.04 bits per heavy atom. The van der Waals surface area contributed by atoms with Gasteiger partial charge in [0.2, 0.25) is 0 Å². The highest BCUT2D eigenvalue weighted by molar-refractivity contribution is 5.93. The van der Waals surface area contributed by atoms with Crippen LogP contribution >= 0.6 is 0 Å². The van der Waals surface area contributed by atoms with Crippen LogP contribution < -0.4 is 10.7 Å². The summed E-state index contributed by atoms with van der Waals surface area (Å²) in [5.41, 5.74) is 2.81. The van der Waals surface area contributed by atoms with Gasteiger partial charge < -0.3 is 9.73 Å². The van der Waals surface area contributed by atoms with Crippen LogP contribution in [0, 0.1) is 6.92 Å². The monoisotopic (exact) mass is 362 g/mol. The summed E-state index contributed by atoms with van der Waals surface area (Å²) < 4.78 is 7.35. The number of hydrogen-bond donors (Lipinski definition) is 1. The van der Waals surface area contributed by atoms with E-state index in [1.54, 1.807) is 16.8 Å². The van der Waals surface area contributed by atoms with Gasteiger partial charge in [-0.15, -0.1) is 5.10 Å². The fourth-order valence-corrected chi connectivity index (χ4v) is 3.03. The molecule has 0 aliphatic carbocycles. The summed E-state index contributed by atoms with van der Waals surface area (Å²) in [6.45, 7) is 4.20. The average Bonchev–Trinajstić information content (AvgIpc) is 3.05. The maximum atomic E-state index is 12.5. The van der Waals surface area contributed by atoms with Crippen LogP contribution in [0.3, 0.4) is 0 Å². The van der Waals surface area contributed by atoms with E-state index in [-0.39, 0.29) is 17.2 Å². The van der Waals surface area contributed by atoms with Crippen LogP contribution in [0.4, 0.5) is 0 Å². The summed E-state index contributed by atoms with van der Waals surface area (Å²) >= 11 is 0. The quantitative estimate of drug-likeness (QED) is 0.603. The minimum absolute atomic E-state index is 0.00773. The lowest BCUT2D eigenvalue weighted by molar-refractivity contribution is 0.0908. The normalized spacial score (nSPS) is 12.4. The zero-order valence-corrected chi connectivity index (χ0v) is 15.0. The van der Waals surface area contributed by atoms with E-state index in [1.807, 2.05) is 44.2 Å². The molecule has 0 saturated carbocycles. The largest absolute Gasteiger partial charge is 0.451 e. The fraction of sp³-hybridized carbons (Fsp3) is 0.200. The second kappa shape index (κ2) is 6.68. The van der Waals surface area contributed by atoms with Gasteiger partial charge in [0.15, 0.2) is 11.2 Å². The second-order valence-corrected chi connectivity index (χ2v) is 6.61. The summed E-state index contributed by atoms with van der Waals surface area (Å²) in [6.07, 6.45) is 0. The minimum atomic E-state index is -0.438. The van der Waals surface area contributed by atoms with Crippen LogP contribution in [0.15, 0.2) is 57.7 Å². The molecule has 7 nitrogen and oxygen atoms in total. The summed E-state index contributed by atoms with van der Waals surface area (Å²) in [4.78, 5) is 24.8. The lowest BCUT2D eigenvalue weighted by Crippen LogP contribution is -2.36. The molecular weight excluding hydrogens is 344 g/mol. The van der Waals surface area contributed by atoms with E-state index in [1.165, 1.54) is 6.07 Å². The van der Waals surface area contributed by atoms with Crippen molar-refractivity contribution in [1.82, 2.24) is 20.3 Å². The first kappa shape index (κ1) is 17.0. The number of carbonyl (C=O) groups is 1. The van der Waals surface area contributed by atoms with Crippen LogP contribution in [-0.4, -0.2) is 26.9 Å². The van der Waals surface area contributed by atoms with Crippen LogP contribution in [0.5, 0.6) is 0 Å². The van der Waals surface area contributed by atoms with Crippen LogP contribution in [0.1, 0.15) is 23.0 Å². The Morgan fingerprint density at radius 1 is 1.22 bits per heavy atom. The third-order valence-corrected chi connectivity index (χ3v) is 4.35. The molecule has 7 heteroatoms. The highest BCUT2D eigenvalue weighted by Gasteiger charge is 2.16. The first-order valence-electron chi connectivity index (χ1n) is 8.65. The second-order valence-electron chi connectivity index (χ2n) is 6.61. The van der Waals surface area contributed by atoms with E-state index in [4.69, 9.17) is 4.42 Å². The standard InChI is InChI=1S/C20H18N4O3/c1-12-7-8-18-14(9-12)17(25)10-19(27-18)20(26)21-13(2)11-24-16-6-4-3-5-15(16)22-23-24/h3-10,13H,11H2,1-2H3,(H,21,26)/t13-/m0/s1. The first-order chi connectivity index (χ1) is 13.0. The molecule has 27 heavy (non-hydrogen) atoms. The number of para-hydroxylation sites is 1. The zero-order chi connectivity index (χ0) is 19.0. The van der Waals surface area contributed by atoms with Gasteiger partial charge >= 0.3 is 0 Å².